The minimum atomic E-state index is -0.107. The number of pyridine rings is 1. The van der Waals surface area contributed by atoms with Crippen molar-refractivity contribution < 1.29 is 9.90 Å². The van der Waals surface area contributed by atoms with Gasteiger partial charge in [-0.15, -0.1) is 0 Å². The molecule has 1 aliphatic rings. The molecule has 128 valence electrons. The number of hydrogen-bond acceptors (Lipinski definition) is 5. The molecule has 0 aromatic carbocycles. The Balaban J connectivity index is 1.80. The molecule has 1 aliphatic heterocycles. The Morgan fingerprint density at radius 2 is 2.21 bits per heavy atom. The van der Waals surface area contributed by atoms with E-state index in [-0.39, 0.29) is 12.5 Å². The molecule has 7 nitrogen and oxygen atoms in total. The molecular weight excluding hydrogens is 306 g/mol. The van der Waals surface area contributed by atoms with Crippen LogP contribution in [0.2, 0.25) is 0 Å². The van der Waals surface area contributed by atoms with Gasteiger partial charge in [0.2, 0.25) is 0 Å². The second-order valence-corrected chi connectivity index (χ2v) is 5.78. The second-order valence-electron chi connectivity index (χ2n) is 5.78. The second kappa shape index (κ2) is 7.00. The van der Waals surface area contributed by atoms with Gasteiger partial charge in [-0.3, -0.25) is 9.48 Å². The zero-order valence-corrected chi connectivity index (χ0v) is 14.1. The highest BCUT2D eigenvalue weighted by Gasteiger charge is 2.25. The number of amides is 1. The minimum Gasteiger partial charge on any atom is -0.390 e. The summed E-state index contributed by atoms with van der Waals surface area (Å²) in [7, 11) is 0. The lowest BCUT2D eigenvalue weighted by Crippen LogP contribution is -2.32. The summed E-state index contributed by atoms with van der Waals surface area (Å²) in [6.45, 7) is 6.83. The molecule has 2 aromatic rings. The average molecular weight is 329 g/mol. The summed E-state index contributed by atoms with van der Waals surface area (Å²) in [6, 6.07) is 3.67. The number of aromatic nitrogens is 3. The van der Waals surface area contributed by atoms with E-state index in [9.17, 15) is 9.90 Å². The van der Waals surface area contributed by atoms with Crippen LogP contribution in [0.25, 0.3) is 0 Å². The predicted molar refractivity (Wildman–Crippen MR) is 90.8 cm³/mol. The van der Waals surface area contributed by atoms with Crippen molar-refractivity contribution in [1.82, 2.24) is 20.1 Å². The Morgan fingerprint density at radius 1 is 1.38 bits per heavy atom. The summed E-state index contributed by atoms with van der Waals surface area (Å²) in [5.41, 5.74) is 3.61. The fourth-order valence-corrected chi connectivity index (χ4v) is 3.12. The van der Waals surface area contributed by atoms with Crippen molar-refractivity contribution in [1.29, 1.82) is 0 Å². The normalized spacial score (nSPS) is 13.7. The van der Waals surface area contributed by atoms with Crippen LogP contribution in [0.15, 0.2) is 18.3 Å². The van der Waals surface area contributed by atoms with E-state index in [0.29, 0.717) is 18.7 Å². The first-order chi connectivity index (χ1) is 11.7. The van der Waals surface area contributed by atoms with Crippen LogP contribution < -0.4 is 10.2 Å². The topological polar surface area (TPSA) is 83.3 Å². The van der Waals surface area contributed by atoms with Gasteiger partial charge in [0, 0.05) is 50.1 Å². The first-order valence-corrected chi connectivity index (χ1v) is 8.35. The van der Waals surface area contributed by atoms with Gasteiger partial charge in [-0.1, -0.05) is 0 Å². The van der Waals surface area contributed by atoms with Crippen molar-refractivity contribution >= 4 is 11.7 Å². The number of anilines is 1. The van der Waals surface area contributed by atoms with Gasteiger partial charge in [0.25, 0.3) is 5.91 Å². The standard InChI is InChI=1S/C17H23N5O2/c1-3-18-17(24)12-5-6-16(19-9-12)21-8-7-15-13(10-21)14(11-23)20-22(15)4-2/h5-6,9,23H,3-4,7-8,10-11H2,1-2H3,(H,18,24). The number of nitrogens with one attached hydrogen (secondary N) is 1. The van der Waals surface area contributed by atoms with Gasteiger partial charge < -0.3 is 15.3 Å². The van der Waals surface area contributed by atoms with Crippen LogP contribution in [0.4, 0.5) is 5.82 Å². The molecule has 3 rings (SSSR count). The summed E-state index contributed by atoms with van der Waals surface area (Å²) < 4.78 is 1.98. The lowest BCUT2D eigenvalue weighted by molar-refractivity contribution is 0.0955. The minimum absolute atomic E-state index is 0.0489. The van der Waals surface area contributed by atoms with E-state index in [4.69, 9.17) is 0 Å². The van der Waals surface area contributed by atoms with Crippen LogP contribution in [0.5, 0.6) is 0 Å². The van der Waals surface area contributed by atoms with Crippen molar-refractivity contribution in [2.45, 2.75) is 40.0 Å². The quantitative estimate of drug-likeness (QED) is 0.858. The van der Waals surface area contributed by atoms with Gasteiger partial charge in [-0.05, 0) is 26.0 Å². The molecule has 0 saturated heterocycles. The lowest BCUT2D eigenvalue weighted by Gasteiger charge is -2.28. The predicted octanol–water partition coefficient (Wildman–Crippen LogP) is 1.10. The maximum Gasteiger partial charge on any atom is 0.252 e. The van der Waals surface area contributed by atoms with Crippen LogP contribution >= 0.6 is 0 Å². The Hall–Kier alpha value is -2.41. The molecule has 2 N–H and O–H groups in total. The van der Waals surface area contributed by atoms with Crippen LogP contribution in [0.1, 0.15) is 41.2 Å². The van der Waals surface area contributed by atoms with Gasteiger partial charge in [0.05, 0.1) is 17.9 Å². The molecule has 0 radical (unpaired) electrons. The Bertz CT molecular complexity index is 723. The maximum atomic E-state index is 11.8. The number of nitrogens with zero attached hydrogens (tertiary/aromatic N) is 4. The summed E-state index contributed by atoms with van der Waals surface area (Å²) in [5.74, 6) is 0.728. The summed E-state index contributed by atoms with van der Waals surface area (Å²) in [5, 5.41) is 16.8. The molecule has 1 amide bonds. The fraction of sp³-hybridized carbons (Fsp3) is 0.471. The summed E-state index contributed by atoms with van der Waals surface area (Å²) >= 11 is 0. The van der Waals surface area contributed by atoms with Crippen molar-refractivity contribution in [2.24, 2.45) is 0 Å². The number of aryl methyl sites for hydroxylation is 1. The van der Waals surface area contributed by atoms with Crippen LogP contribution in [0, 0.1) is 0 Å². The summed E-state index contributed by atoms with van der Waals surface area (Å²) in [4.78, 5) is 18.4. The fourth-order valence-electron chi connectivity index (χ4n) is 3.12. The third-order valence-corrected chi connectivity index (χ3v) is 4.34. The third kappa shape index (κ3) is 2.99. The molecule has 0 atom stereocenters. The van der Waals surface area contributed by atoms with Crippen LogP contribution in [-0.4, -0.2) is 38.9 Å². The van der Waals surface area contributed by atoms with Crippen molar-refractivity contribution in [3.05, 3.63) is 40.8 Å². The molecule has 0 aliphatic carbocycles. The highest BCUT2D eigenvalue weighted by Crippen LogP contribution is 2.26. The van der Waals surface area contributed by atoms with Gasteiger partial charge in [0.1, 0.15) is 5.82 Å². The van der Waals surface area contributed by atoms with Gasteiger partial charge in [0.15, 0.2) is 0 Å². The number of carbonyl (C=O) groups excluding carboxylic acids is 1. The number of fused-ring (bicyclic) bond motifs is 1. The Kier molecular flexibility index (Phi) is 4.80. The zero-order chi connectivity index (χ0) is 17.1. The number of rotatable bonds is 5. The number of carbonyl (C=O) groups is 1. The van der Waals surface area contributed by atoms with Crippen LogP contribution in [0.3, 0.4) is 0 Å². The highest BCUT2D eigenvalue weighted by atomic mass is 16.3. The van der Waals surface area contributed by atoms with E-state index in [2.05, 4.69) is 27.2 Å². The first kappa shape index (κ1) is 16.4. The molecule has 0 unspecified atom stereocenters. The molecule has 0 saturated carbocycles. The smallest absolute Gasteiger partial charge is 0.252 e. The van der Waals surface area contributed by atoms with E-state index in [0.717, 1.165) is 36.6 Å². The summed E-state index contributed by atoms with van der Waals surface area (Å²) in [6.07, 6.45) is 2.48. The largest absolute Gasteiger partial charge is 0.390 e. The van der Waals surface area contributed by atoms with E-state index < -0.39 is 0 Å². The first-order valence-electron chi connectivity index (χ1n) is 8.35. The SMILES string of the molecule is CCNC(=O)c1ccc(N2CCc3c(c(CO)nn3CC)C2)nc1. The Labute approximate surface area is 141 Å². The molecular formula is C17H23N5O2. The lowest BCUT2D eigenvalue weighted by atomic mass is 10.1. The van der Waals surface area contributed by atoms with E-state index >= 15 is 0 Å². The van der Waals surface area contributed by atoms with Gasteiger partial charge in [-0.25, -0.2) is 4.98 Å². The average Bonchev–Trinajstić information content (AvgIpc) is 2.99. The van der Waals surface area contributed by atoms with E-state index in [1.54, 1.807) is 12.3 Å². The van der Waals surface area contributed by atoms with Gasteiger partial charge in [-0.2, -0.15) is 5.10 Å². The van der Waals surface area contributed by atoms with Gasteiger partial charge >= 0.3 is 0 Å². The molecule has 0 fully saturated rings. The zero-order valence-electron chi connectivity index (χ0n) is 14.1. The van der Waals surface area contributed by atoms with Crippen molar-refractivity contribution in [3.8, 4) is 0 Å². The number of hydrogen-bond donors (Lipinski definition) is 2. The molecule has 7 heteroatoms. The molecule has 2 aromatic heterocycles. The monoisotopic (exact) mass is 329 g/mol. The Morgan fingerprint density at radius 3 is 2.83 bits per heavy atom. The molecule has 24 heavy (non-hydrogen) atoms. The highest BCUT2D eigenvalue weighted by molar-refractivity contribution is 5.94. The molecule has 0 bridgehead atoms. The van der Waals surface area contributed by atoms with Crippen molar-refractivity contribution in [3.63, 3.8) is 0 Å². The third-order valence-electron chi connectivity index (χ3n) is 4.34. The van der Waals surface area contributed by atoms with Crippen LogP contribution in [-0.2, 0) is 26.1 Å². The number of aliphatic hydroxyl groups excluding tert-OH is 1. The maximum absolute atomic E-state index is 11.8. The van der Waals surface area contributed by atoms with E-state index in [1.807, 2.05) is 17.7 Å². The van der Waals surface area contributed by atoms with Crippen molar-refractivity contribution in [2.75, 3.05) is 18.0 Å². The molecule has 0 spiro atoms. The number of aliphatic hydroxyl groups is 1. The molecule has 3 heterocycles. The van der Waals surface area contributed by atoms with E-state index in [1.165, 1.54) is 5.69 Å².